The summed E-state index contributed by atoms with van der Waals surface area (Å²) in [5.41, 5.74) is 2.88. The highest BCUT2D eigenvalue weighted by Gasteiger charge is 2.42. The maximum atomic E-state index is 15.0. The van der Waals surface area contributed by atoms with Crippen molar-refractivity contribution in [3.63, 3.8) is 0 Å². The number of fused-ring (bicyclic) bond motifs is 1. The molecule has 0 aromatic heterocycles. The summed E-state index contributed by atoms with van der Waals surface area (Å²) < 4.78 is 20.2. The average Bonchev–Trinajstić information content (AvgIpc) is 3.21. The molecular weight excluding hydrogens is 453 g/mol. The van der Waals surface area contributed by atoms with Gasteiger partial charge < -0.3 is 15.0 Å². The van der Waals surface area contributed by atoms with E-state index in [9.17, 15) is 14.0 Å². The van der Waals surface area contributed by atoms with Crippen molar-refractivity contribution in [2.24, 2.45) is 4.99 Å². The number of aliphatic imine (C=N–C) groups is 1. The van der Waals surface area contributed by atoms with Crippen molar-refractivity contribution in [2.75, 3.05) is 13.2 Å². The van der Waals surface area contributed by atoms with Gasteiger partial charge in [-0.05, 0) is 37.3 Å². The van der Waals surface area contributed by atoms with Crippen LogP contribution >= 0.6 is 11.8 Å². The molecule has 2 aromatic rings. The van der Waals surface area contributed by atoms with E-state index < -0.39 is 17.8 Å². The van der Waals surface area contributed by atoms with Gasteiger partial charge in [0.15, 0.2) is 5.17 Å². The highest BCUT2D eigenvalue weighted by atomic mass is 32.2. The Hall–Kier alpha value is -3.39. The van der Waals surface area contributed by atoms with Crippen molar-refractivity contribution >= 4 is 28.8 Å². The van der Waals surface area contributed by atoms with Crippen LogP contribution in [0.1, 0.15) is 37.4 Å². The van der Waals surface area contributed by atoms with Crippen LogP contribution in [-0.4, -0.2) is 35.1 Å². The summed E-state index contributed by atoms with van der Waals surface area (Å²) in [5.74, 6) is -1.13. The maximum absolute atomic E-state index is 15.0. The first kappa shape index (κ1) is 23.8. The van der Waals surface area contributed by atoms with Gasteiger partial charge in [-0.15, -0.1) is 0 Å². The Balaban J connectivity index is 1.56. The number of amidine groups is 1. The van der Waals surface area contributed by atoms with Crippen LogP contribution in [0.3, 0.4) is 0 Å². The number of nitrogens with one attached hydrogen (secondary N) is 1. The van der Waals surface area contributed by atoms with Crippen molar-refractivity contribution in [3.8, 4) is 0 Å². The maximum Gasteiger partial charge on any atom is 0.338 e. The van der Waals surface area contributed by atoms with Gasteiger partial charge in [0.05, 0.1) is 30.3 Å². The highest BCUT2D eigenvalue weighted by Crippen LogP contribution is 2.45. The van der Waals surface area contributed by atoms with Gasteiger partial charge in [-0.3, -0.25) is 4.79 Å². The number of esters is 1. The van der Waals surface area contributed by atoms with Gasteiger partial charge in [0, 0.05) is 17.8 Å². The number of hydrogen-bond donors (Lipinski definition) is 1. The summed E-state index contributed by atoms with van der Waals surface area (Å²) in [7, 11) is 0. The van der Waals surface area contributed by atoms with Crippen molar-refractivity contribution in [1.82, 2.24) is 10.2 Å². The minimum atomic E-state index is -0.772. The average molecular weight is 480 g/mol. The number of halogens is 1. The van der Waals surface area contributed by atoms with Crippen LogP contribution in [0, 0.1) is 5.82 Å². The second kappa shape index (κ2) is 10.7. The van der Waals surface area contributed by atoms with Crippen LogP contribution in [0.5, 0.6) is 0 Å². The molecule has 0 bridgehead atoms. The van der Waals surface area contributed by atoms with Gasteiger partial charge in [-0.25, -0.2) is 14.2 Å². The zero-order valence-electron chi connectivity index (χ0n) is 19.1. The molecule has 1 N–H and O–H groups in total. The number of benzene rings is 2. The van der Waals surface area contributed by atoms with E-state index in [-0.39, 0.29) is 24.5 Å². The molecule has 2 aromatic carbocycles. The van der Waals surface area contributed by atoms with E-state index in [1.54, 1.807) is 36.9 Å². The minimum Gasteiger partial charge on any atom is -0.463 e. The lowest BCUT2D eigenvalue weighted by Gasteiger charge is -2.36. The fraction of sp³-hybridized carbons (Fsp3) is 0.269. The summed E-state index contributed by atoms with van der Waals surface area (Å²) in [6.07, 6.45) is 0.810. The molecule has 4 rings (SSSR count). The monoisotopic (exact) mass is 479 g/mol. The van der Waals surface area contributed by atoms with E-state index in [4.69, 9.17) is 4.74 Å². The zero-order valence-corrected chi connectivity index (χ0v) is 19.9. The Kier molecular flexibility index (Phi) is 7.47. The lowest BCUT2D eigenvalue weighted by molar-refractivity contribution is -0.139. The Labute approximate surface area is 202 Å². The molecule has 0 unspecified atom stereocenters. The molecule has 2 heterocycles. The Morgan fingerprint density at radius 3 is 2.62 bits per heavy atom. The number of carbonyl (C=O) groups is 2. The third-order valence-electron chi connectivity index (χ3n) is 5.62. The quantitative estimate of drug-likeness (QED) is 0.555. The summed E-state index contributed by atoms with van der Waals surface area (Å²) in [5, 5.41) is 5.39. The third-order valence-corrected chi connectivity index (χ3v) is 6.50. The van der Waals surface area contributed by atoms with E-state index in [0.717, 1.165) is 12.0 Å². The fourth-order valence-electron chi connectivity index (χ4n) is 4.05. The van der Waals surface area contributed by atoms with E-state index >= 15 is 0 Å². The number of amides is 1. The summed E-state index contributed by atoms with van der Waals surface area (Å²) >= 11 is 1.36. The molecular formula is C26H26FN3O3S. The number of thioether (sulfide) groups is 1. The number of allylic oxidation sites excluding steroid dienone is 1. The molecule has 8 heteroatoms. The van der Waals surface area contributed by atoms with Gasteiger partial charge in [-0.1, -0.05) is 60.3 Å². The minimum absolute atomic E-state index is 0.0842. The van der Waals surface area contributed by atoms with Gasteiger partial charge in [0.25, 0.3) is 0 Å². The van der Waals surface area contributed by atoms with E-state index in [1.807, 2.05) is 35.7 Å². The number of carbonyl (C=O) groups excluding carboxylic acids is 2. The fourth-order valence-corrected chi connectivity index (χ4v) is 5.01. The third kappa shape index (κ3) is 5.07. The highest BCUT2D eigenvalue weighted by molar-refractivity contribution is 8.16. The van der Waals surface area contributed by atoms with Crippen molar-refractivity contribution < 1.29 is 18.7 Å². The van der Waals surface area contributed by atoms with Gasteiger partial charge in [-0.2, -0.15) is 0 Å². The van der Waals surface area contributed by atoms with E-state index in [0.29, 0.717) is 28.7 Å². The van der Waals surface area contributed by atoms with Crippen LogP contribution in [0.4, 0.5) is 4.39 Å². The Morgan fingerprint density at radius 1 is 1.15 bits per heavy atom. The van der Waals surface area contributed by atoms with Crippen LogP contribution in [0.2, 0.25) is 0 Å². The number of hydrogen-bond acceptors (Lipinski definition) is 6. The summed E-state index contributed by atoms with van der Waals surface area (Å²) in [6, 6.07) is 15.5. The second-order valence-corrected chi connectivity index (χ2v) is 8.73. The lowest BCUT2D eigenvalue weighted by Crippen LogP contribution is -2.38. The number of ether oxygens (including phenoxy) is 1. The SMILES string of the molecule is CCOC(=O)C1=C(C)N=C2SC=C(CC(=O)NCCc3ccccc3)N2[C@H]1c1ccccc1F. The molecule has 176 valence electrons. The summed E-state index contributed by atoms with van der Waals surface area (Å²) in [6.45, 7) is 4.14. The molecule has 0 spiro atoms. The smallest absolute Gasteiger partial charge is 0.338 e. The standard InChI is InChI=1S/C26H26FN3O3S/c1-3-33-25(32)23-17(2)29-26-30(24(23)20-11-7-8-12-21(20)27)19(16-34-26)15-22(31)28-14-13-18-9-5-4-6-10-18/h4-12,16,24H,3,13-15H2,1-2H3,(H,28,31)/t24-/m0/s1. The normalized spacial score (nSPS) is 17.1. The zero-order chi connectivity index (χ0) is 24.1. The predicted molar refractivity (Wildman–Crippen MR) is 131 cm³/mol. The topological polar surface area (TPSA) is 71.0 Å². The number of nitrogens with zero attached hydrogens (tertiary/aromatic N) is 2. The first-order valence-corrected chi connectivity index (χ1v) is 12.0. The lowest BCUT2D eigenvalue weighted by atomic mass is 9.93. The van der Waals surface area contributed by atoms with Gasteiger partial charge in [0.1, 0.15) is 5.82 Å². The van der Waals surface area contributed by atoms with E-state index in [2.05, 4.69) is 10.3 Å². The first-order chi connectivity index (χ1) is 16.5. The van der Waals surface area contributed by atoms with Crippen molar-refractivity contribution in [3.05, 3.63) is 93.9 Å². The van der Waals surface area contributed by atoms with E-state index in [1.165, 1.54) is 17.8 Å². The second-order valence-electron chi connectivity index (χ2n) is 7.90. The molecule has 2 aliphatic rings. The van der Waals surface area contributed by atoms with Crippen LogP contribution in [-0.2, 0) is 20.7 Å². The number of rotatable bonds is 8. The van der Waals surface area contributed by atoms with Crippen LogP contribution in [0.25, 0.3) is 0 Å². The molecule has 0 radical (unpaired) electrons. The molecule has 6 nitrogen and oxygen atoms in total. The molecule has 0 fully saturated rings. The van der Waals surface area contributed by atoms with Crippen LogP contribution < -0.4 is 5.32 Å². The largest absolute Gasteiger partial charge is 0.463 e. The Bertz CT molecular complexity index is 1180. The predicted octanol–water partition coefficient (Wildman–Crippen LogP) is 4.71. The molecule has 0 aliphatic carbocycles. The van der Waals surface area contributed by atoms with Gasteiger partial charge >= 0.3 is 5.97 Å². The summed E-state index contributed by atoms with van der Waals surface area (Å²) in [4.78, 5) is 32.0. The van der Waals surface area contributed by atoms with Crippen molar-refractivity contribution in [1.29, 1.82) is 0 Å². The first-order valence-electron chi connectivity index (χ1n) is 11.2. The van der Waals surface area contributed by atoms with Gasteiger partial charge in [0.2, 0.25) is 5.91 Å². The van der Waals surface area contributed by atoms with Crippen LogP contribution in [0.15, 0.2) is 82.0 Å². The molecule has 2 aliphatic heterocycles. The molecule has 0 saturated carbocycles. The molecule has 1 atom stereocenters. The molecule has 1 amide bonds. The molecule has 34 heavy (non-hydrogen) atoms. The Morgan fingerprint density at radius 2 is 1.88 bits per heavy atom. The molecule has 0 saturated heterocycles. The van der Waals surface area contributed by atoms with Crippen molar-refractivity contribution in [2.45, 2.75) is 32.7 Å².